The summed E-state index contributed by atoms with van der Waals surface area (Å²) in [4.78, 5) is 16.1. The number of nitrogens with zero attached hydrogens (tertiary/aromatic N) is 2. The molecule has 0 spiro atoms. The molecule has 0 saturated carbocycles. The van der Waals surface area contributed by atoms with Gasteiger partial charge in [0.05, 0.1) is 22.1 Å². The molecule has 0 atom stereocenters. The summed E-state index contributed by atoms with van der Waals surface area (Å²) < 4.78 is 15.7. The number of halogens is 3. The minimum Gasteiger partial charge on any atom is -0.294 e. The van der Waals surface area contributed by atoms with Gasteiger partial charge in [-0.15, -0.1) is 0 Å². The van der Waals surface area contributed by atoms with Crippen LogP contribution < -0.4 is 5.56 Å². The summed E-state index contributed by atoms with van der Waals surface area (Å²) >= 11 is 5.27. The smallest absolute Gasteiger partial charge is 0.267 e. The normalized spacial score (nSPS) is 10.7. The van der Waals surface area contributed by atoms with Crippen molar-refractivity contribution in [1.82, 2.24) is 9.55 Å². The van der Waals surface area contributed by atoms with Crippen molar-refractivity contribution in [1.29, 1.82) is 0 Å². The van der Waals surface area contributed by atoms with E-state index in [4.69, 9.17) is 0 Å². The molecule has 0 saturated heterocycles. The lowest BCUT2D eigenvalue weighted by atomic mass is 10.2. The molecule has 0 radical (unpaired) electrons. The van der Waals surface area contributed by atoms with Gasteiger partial charge in [-0.2, -0.15) is 0 Å². The van der Waals surface area contributed by atoms with Crippen LogP contribution in [0.1, 0.15) is 11.3 Å². The Labute approximate surface area is 125 Å². The van der Waals surface area contributed by atoms with E-state index in [2.05, 4.69) is 20.9 Å². The first-order valence-corrected chi connectivity index (χ1v) is 7.01. The Kier molecular flexibility index (Phi) is 4.16. The van der Waals surface area contributed by atoms with Crippen molar-refractivity contribution < 1.29 is 4.39 Å². The van der Waals surface area contributed by atoms with Crippen LogP contribution in [-0.4, -0.2) is 9.55 Å². The van der Waals surface area contributed by atoms with Crippen LogP contribution >= 0.6 is 38.5 Å². The quantitative estimate of drug-likeness (QED) is 0.697. The highest BCUT2D eigenvalue weighted by atomic mass is 127. The average Bonchev–Trinajstić information content (AvgIpc) is 2.33. The summed E-state index contributed by atoms with van der Waals surface area (Å²) in [5, 5.41) is 0. The maximum atomic E-state index is 13.0. The molecule has 2 rings (SSSR count). The standard InChI is InChI=1S/C12H9BrFIN2O/c1-7-11(15)12(18)17(6-16-7)5-8-2-3-9(14)4-10(8)13/h2-4,6H,5H2,1H3. The molecule has 0 bridgehead atoms. The van der Waals surface area contributed by atoms with Gasteiger partial charge in [0.15, 0.2) is 0 Å². The fourth-order valence-electron chi connectivity index (χ4n) is 1.49. The summed E-state index contributed by atoms with van der Waals surface area (Å²) in [5.41, 5.74) is 1.47. The van der Waals surface area contributed by atoms with Crippen LogP contribution in [0.5, 0.6) is 0 Å². The maximum absolute atomic E-state index is 13.0. The van der Waals surface area contributed by atoms with Crippen molar-refractivity contribution in [3.05, 3.63) is 60.0 Å². The number of aryl methyl sites for hydroxylation is 1. The molecule has 2 aromatic rings. The van der Waals surface area contributed by atoms with Crippen molar-refractivity contribution in [2.45, 2.75) is 13.5 Å². The summed E-state index contributed by atoms with van der Waals surface area (Å²) in [6.07, 6.45) is 1.51. The largest absolute Gasteiger partial charge is 0.294 e. The molecule has 0 aliphatic heterocycles. The third-order valence-electron chi connectivity index (χ3n) is 2.51. The Morgan fingerprint density at radius 2 is 2.22 bits per heavy atom. The van der Waals surface area contributed by atoms with Gasteiger partial charge in [-0.1, -0.05) is 22.0 Å². The molecule has 0 fully saturated rings. The average molecular weight is 423 g/mol. The zero-order valence-corrected chi connectivity index (χ0v) is 13.2. The highest BCUT2D eigenvalue weighted by molar-refractivity contribution is 14.1. The molecule has 0 aliphatic carbocycles. The molecule has 0 unspecified atom stereocenters. The SMILES string of the molecule is Cc1ncn(Cc2ccc(F)cc2Br)c(=O)c1I. The molecule has 6 heteroatoms. The second-order valence-corrected chi connectivity index (χ2v) is 5.75. The van der Waals surface area contributed by atoms with E-state index in [0.29, 0.717) is 14.6 Å². The second kappa shape index (κ2) is 5.48. The Morgan fingerprint density at radius 1 is 1.50 bits per heavy atom. The van der Waals surface area contributed by atoms with Crippen LogP contribution in [-0.2, 0) is 6.54 Å². The molecule has 0 amide bonds. The topological polar surface area (TPSA) is 34.9 Å². The van der Waals surface area contributed by atoms with Gasteiger partial charge in [0, 0.05) is 4.47 Å². The molecular formula is C12H9BrFIN2O. The first-order chi connectivity index (χ1) is 8.49. The Balaban J connectivity index is 2.41. The van der Waals surface area contributed by atoms with Crippen molar-refractivity contribution in [3.8, 4) is 0 Å². The molecule has 1 aromatic heterocycles. The van der Waals surface area contributed by atoms with Crippen LogP contribution in [0, 0.1) is 16.3 Å². The van der Waals surface area contributed by atoms with E-state index < -0.39 is 0 Å². The molecule has 18 heavy (non-hydrogen) atoms. The minimum atomic E-state index is -0.311. The predicted octanol–water partition coefficient (Wildman–Crippen LogP) is 3.11. The van der Waals surface area contributed by atoms with Gasteiger partial charge in [-0.25, -0.2) is 9.37 Å². The van der Waals surface area contributed by atoms with E-state index in [1.165, 1.54) is 23.0 Å². The monoisotopic (exact) mass is 422 g/mol. The number of aromatic nitrogens is 2. The lowest BCUT2D eigenvalue weighted by Crippen LogP contribution is -2.24. The number of hydrogen-bond acceptors (Lipinski definition) is 2. The summed E-state index contributed by atoms with van der Waals surface area (Å²) in [7, 11) is 0. The maximum Gasteiger partial charge on any atom is 0.267 e. The Bertz CT molecular complexity index is 657. The Hall–Kier alpha value is -0.760. The first-order valence-electron chi connectivity index (χ1n) is 5.14. The number of hydrogen-bond donors (Lipinski definition) is 0. The van der Waals surface area contributed by atoms with E-state index >= 15 is 0 Å². The van der Waals surface area contributed by atoms with Crippen LogP contribution in [0.25, 0.3) is 0 Å². The lowest BCUT2D eigenvalue weighted by molar-refractivity contribution is 0.624. The third-order valence-corrected chi connectivity index (χ3v) is 4.49. The van der Waals surface area contributed by atoms with E-state index in [0.717, 1.165) is 11.3 Å². The molecule has 1 aromatic carbocycles. The molecule has 1 heterocycles. The van der Waals surface area contributed by atoms with E-state index in [-0.39, 0.29) is 11.4 Å². The van der Waals surface area contributed by atoms with Crippen molar-refractivity contribution in [3.63, 3.8) is 0 Å². The molecular weight excluding hydrogens is 414 g/mol. The minimum absolute atomic E-state index is 0.0840. The fourth-order valence-corrected chi connectivity index (χ4v) is 2.42. The van der Waals surface area contributed by atoms with Crippen LogP contribution in [0.15, 0.2) is 33.8 Å². The molecule has 3 nitrogen and oxygen atoms in total. The molecule has 0 N–H and O–H groups in total. The van der Waals surface area contributed by atoms with Gasteiger partial charge in [-0.3, -0.25) is 9.36 Å². The number of benzene rings is 1. The van der Waals surface area contributed by atoms with E-state index in [1.807, 2.05) is 22.6 Å². The van der Waals surface area contributed by atoms with Crippen molar-refractivity contribution in [2.24, 2.45) is 0 Å². The predicted molar refractivity (Wildman–Crippen MR) is 79.2 cm³/mol. The molecule has 94 valence electrons. The highest BCUT2D eigenvalue weighted by Crippen LogP contribution is 2.18. The van der Waals surface area contributed by atoms with E-state index in [9.17, 15) is 9.18 Å². The van der Waals surface area contributed by atoms with Crippen molar-refractivity contribution in [2.75, 3.05) is 0 Å². The number of rotatable bonds is 2. The zero-order chi connectivity index (χ0) is 13.3. The van der Waals surface area contributed by atoms with E-state index in [1.54, 1.807) is 13.0 Å². The summed E-state index contributed by atoms with van der Waals surface area (Å²) in [6, 6.07) is 4.41. The molecule has 0 aliphatic rings. The van der Waals surface area contributed by atoms with Crippen molar-refractivity contribution >= 4 is 38.5 Å². The van der Waals surface area contributed by atoms with Crippen LogP contribution in [0.3, 0.4) is 0 Å². The van der Waals surface area contributed by atoms with Crippen LogP contribution in [0.4, 0.5) is 4.39 Å². The van der Waals surface area contributed by atoms with Gasteiger partial charge >= 0.3 is 0 Å². The van der Waals surface area contributed by atoms with Gasteiger partial charge in [0.1, 0.15) is 5.82 Å². The Morgan fingerprint density at radius 3 is 2.89 bits per heavy atom. The van der Waals surface area contributed by atoms with Crippen LogP contribution in [0.2, 0.25) is 0 Å². The van der Waals surface area contributed by atoms with Gasteiger partial charge in [0.2, 0.25) is 0 Å². The third kappa shape index (κ3) is 2.80. The zero-order valence-electron chi connectivity index (χ0n) is 9.45. The second-order valence-electron chi connectivity index (χ2n) is 3.81. The van der Waals surface area contributed by atoms with Gasteiger partial charge < -0.3 is 0 Å². The highest BCUT2D eigenvalue weighted by Gasteiger charge is 2.08. The van der Waals surface area contributed by atoms with Gasteiger partial charge in [-0.05, 0) is 47.2 Å². The fraction of sp³-hybridized carbons (Fsp3) is 0.167. The lowest BCUT2D eigenvalue weighted by Gasteiger charge is -2.08. The summed E-state index contributed by atoms with van der Waals surface area (Å²) in [5.74, 6) is -0.311. The van der Waals surface area contributed by atoms with Gasteiger partial charge in [0.25, 0.3) is 5.56 Å². The first kappa shape index (κ1) is 13.7. The summed E-state index contributed by atoms with van der Waals surface area (Å²) in [6.45, 7) is 2.16.